The zero-order valence-corrected chi connectivity index (χ0v) is 18.0. The molecule has 1 amide bonds. The fourth-order valence-corrected chi connectivity index (χ4v) is 3.95. The van der Waals surface area contributed by atoms with Crippen molar-refractivity contribution >= 4 is 29.5 Å². The second kappa shape index (κ2) is 8.88. The fraction of sp³-hybridized carbons (Fsp3) is 0.400. The van der Waals surface area contributed by atoms with Gasteiger partial charge in [-0.05, 0) is 32.9 Å². The maximum absolute atomic E-state index is 12.6. The molecule has 3 heterocycles. The maximum Gasteiger partial charge on any atom is 0.240 e. The van der Waals surface area contributed by atoms with Gasteiger partial charge in [0.2, 0.25) is 17.7 Å². The third-order valence-electron chi connectivity index (χ3n) is 4.73. The molecule has 1 aromatic carbocycles. The van der Waals surface area contributed by atoms with Gasteiger partial charge in [0.15, 0.2) is 5.16 Å². The van der Waals surface area contributed by atoms with Gasteiger partial charge in [-0.1, -0.05) is 34.6 Å². The van der Waals surface area contributed by atoms with Crippen molar-refractivity contribution in [1.29, 1.82) is 0 Å². The number of carbonyl (C=O) groups is 1. The largest absolute Gasteiger partial charge is 0.378 e. The number of aromatic nitrogens is 4. The van der Waals surface area contributed by atoms with E-state index in [1.807, 2.05) is 30.5 Å². The van der Waals surface area contributed by atoms with E-state index in [9.17, 15) is 4.79 Å². The molecule has 0 bridgehead atoms. The molecule has 0 spiro atoms. The summed E-state index contributed by atoms with van der Waals surface area (Å²) >= 11 is 1.35. The van der Waals surface area contributed by atoms with E-state index in [0.717, 1.165) is 24.7 Å². The van der Waals surface area contributed by atoms with Gasteiger partial charge >= 0.3 is 0 Å². The molecule has 0 aliphatic carbocycles. The molecule has 2 aromatic heterocycles. The second-order valence-corrected chi connectivity index (χ2v) is 8.44. The zero-order valence-electron chi connectivity index (χ0n) is 17.2. The molecule has 1 aliphatic heterocycles. The molecule has 158 valence electrons. The van der Waals surface area contributed by atoms with Crippen LogP contribution in [0.2, 0.25) is 0 Å². The lowest BCUT2D eigenvalue weighted by Gasteiger charge is -2.28. The summed E-state index contributed by atoms with van der Waals surface area (Å²) in [5.74, 6) is 0.893. The number of aryl methyl sites for hydroxylation is 2. The molecule has 1 N–H and O–H groups in total. The van der Waals surface area contributed by atoms with Gasteiger partial charge in [0.1, 0.15) is 0 Å². The lowest BCUT2D eigenvalue weighted by atomic mass is 10.2. The van der Waals surface area contributed by atoms with Gasteiger partial charge in [0.25, 0.3) is 0 Å². The van der Waals surface area contributed by atoms with Crippen LogP contribution in [0.1, 0.15) is 18.2 Å². The third-order valence-corrected chi connectivity index (χ3v) is 5.77. The number of hydrogen-bond acceptors (Lipinski definition) is 8. The molecule has 0 radical (unpaired) electrons. The van der Waals surface area contributed by atoms with E-state index >= 15 is 0 Å². The lowest BCUT2D eigenvalue weighted by molar-refractivity contribution is -0.115. The maximum atomic E-state index is 12.6. The van der Waals surface area contributed by atoms with Gasteiger partial charge < -0.3 is 14.2 Å². The van der Waals surface area contributed by atoms with Crippen LogP contribution in [-0.2, 0) is 9.53 Å². The standard InChI is InChI=1S/C20H24N6O3S/c1-13-4-6-16(7-5-13)26-19(25-8-10-28-11-9-25)22-23-20(26)30-15(3)18(27)21-17-12-14(2)24-29-17/h4-7,12,15H,8-11H2,1-3H3,(H,21,27). The first-order valence-corrected chi connectivity index (χ1v) is 10.7. The topological polar surface area (TPSA) is 98.3 Å². The van der Waals surface area contributed by atoms with Gasteiger partial charge in [0, 0.05) is 19.2 Å². The summed E-state index contributed by atoms with van der Waals surface area (Å²) in [4.78, 5) is 14.8. The third kappa shape index (κ3) is 4.49. The van der Waals surface area contributed by atoms with Gasteiger partial charge in [-0.2, -0.15) is 0 Å². The van der Waals surface area contributed by atoms with Crippen molar-refractivity contribution in [3.8, 4) is 5.69 Å². The van der Waals surface area contributed by atoms with Crippen LogP contribution in [0.15, 0.2) is 40.0 Å². The quantitative estimate of drug-likeness (QED) is 0.599. The van der Waals surface area contributed by atoms with E-state index in [0.29, 0.717) is 29.9 Å². The molecular formula is C20H24N6O3S. The summed E-state index contributed by atoms with van der Waals surface area (Å²) < 4.78 is 12.6. The van der Waals surface area contributed by atoms with Crippen molar-refractivity contribution in [3.05, 3.63) is 41.6 Å². The molecule has 1 atom stereocenters. The van der Waals surface area contributed by atoms with Crippen LogP contribution in [0.5, 0.6) is 0 Å². The smallest absolute Gasteiger partial charge is 0.240 e. The SMILES string of the molecule is Cc1ccc(-n2c(SC(C)C(=O)Nc3cc(C)no3)nnc2N2CCOCC2)cc1. The fourth-order valence-electron chi connectivity index (χ4n) is 3.08. The first-order chi connectivity index (χ1) is 14.5. The van der Waals surface area contributed by atoms with Crippen molar-refractivity contribution in [1.82, 2.24) is 19.9 Å². The normalized spacial score (nSPS) is 15.2. The summed E-state index contributed by atoms with van der Waals surface area (Å²) in [5, 5.41) is 15.6. The van der Waals surface area contributed by atoms with Crippen LogP contribution < -0.4 is 10.2 Å². The Hall–Kier alpha value is -2.85. The highest BCUT2D eigenvalue weighted by Gasteiger charge is 2.25. The number of carbonyl (C=O) groups excluding carboxylic acids is 1. The van der Waals surface area contributed by atoms with Gasteiger partial charge in [-0.15, -0.1) is 10.2 Å². The minimum atomic E-state index is -0.415. The average molecular weight is 429 g/mol. The van der Waals surface area contributed by atoms with E-state index < -0.39 is 5.25 Å². The van der Waals surface area contributed by atoms with Crippen molar-refractivity contribution in [2.75, 3.05) is 36.5 Å². The molecule has 4 rings (SSSR count). The number of ether oxygens (including phenoxy) is 1. The van der Waals surface area contributed by atoms with Crippen molar-refractivity contribution < 1.29 is 14.1 Å². The molecule has 30 heavy (non-hydrogen) atoms. The highest BCUT2D eigenvalue weighted by molar-refractivity contribution is 8.00. The summed E-state index contributed by atoms with van der Waals surface area (Å²) in [6.07, 6.45) is 0. The number of morpholine rings is 1. The van der Waals surface area contributed by atoms with Crippen LogP contribution in [0.3, 0.4) is 0 Å². The number of nitrogens with zero attached hydrogens (tertiary/aromatic N) is 5. The van der Waals surface area contributed by atoms with E-state index in [1.165, 1.54) is 17.3 Å². The highest BCUT2D eigenvalue weighted by Crippen LogP contribution is 2.30. The lowest BCUT2D eigenvalue weighted by Crippen LogP contribution is -2.38. The summed E-state index contributed by atoms with van der Waals surface area (Å²) in [5.41, 5.74) is 2.83. The molecule has 1 fully saturated rings. The Morgan fingerprint density at radius 1 is 1.17 bits per heavy atom. The molecule has 10 heteroatoms. The Kier molecular flexibility index (Phi) is 6.05. The van der Waals surface area contributed by atoms with Crippen LogP contribution >= 0.6 is 11.8 Å². The Bertz CT molecular complexity index is 1010. The van der Waals surface area contributed by atoms with Crippen LogP contribution in [-0.4, -0.2) is 57.4 Å². The number of benzene rings is 1. The molecule has 3 aromatic rings. The predicted octanol–water partition coefficient (Wildman–Crippen LogP) is 2.83. The average Bonchev–Trinajstić information content (AvgIpc) is 3.35. The highest BCUT2D eigenvalue weighted by atomic mass is 32.2. The van der Waals surface area contributed by atoms with Gasteiger partial charge in [-0.3, -0.25) is 14.7 Å². The summed E-state index contributed by atoms with van der Waals surface area (Å²) in [6.45, 7) is 8.47. The van der Waals surface area contributed by atoms with Crippen LogP contribution in [0.4, 0.5) is 11.8 Å². The van der Waals surface area contributed by atoms with Crippen molar-refractivity contribution in [2.45, 2.75) is 31.2 Å². The number of anilines is 2. The minimum Gasteiger partial charge on any atom is -0.378 e. The summed E-state index contributed by atoms with van der Waals surface area (Å²) in [7, 11) is 0. The van der Waals surface area contributed by atoms with E-state index in [4.69, 9.17) is 9.26 Å². The molecule has 1 unspecified atom stereocenters. The van der Waals surface area contributed by atoms with E-state index in [2.05, 4.69) is 37.7 Å². The van der Waals surface area contributed by atoms with Crippen LogP contribution in [0, 0.1) is 13.8 Å². The number of hydrogen-bond donors (Lipinski definition) is 1. The Morgan fingerprint density at radius 3 is 2.57 bits per heavy atom. The van der Waals surface area contributed by atoms with Gasteiger partial charge in [0.05, 0.1) is 29.8 Å². The molecule has 1 saturated heterocycles. The second-order valence-electron chi connectivity index (χ2n) is 7.13. The van der Waals surface area contributed by atoms with Gasteiger partial charge in [-0.25, -0.2) is 0 Å². The number of rotatable bonds is 6. The molecule has 0 saturated carbocycles. The van der Waals surface area contributed by atoms with Crippen molar-refractivity contribution in [3.63, 3.8) is 0 Å². The molecule has 9 nitrogen and oxygen atoms in total. The molecule has 1 aliphatic rings. The first kappa shape index (κ1) is 20.4. The van der Waals surface area contributed by atoms with Crippen molar-refractivity contribution in [2.24, 2.45) is 0 Å². The van der Waals surface area contributed by atoms with E-state index in [-0.39, 0.29) is 5.91 Å². The first-order valence-electron chi connectivity index (χ1n) is 9.77. The Labute approximate surface area is 178 Å². The molecular weight excluding hydrogens is 404 g/mol. The minimum absolute atomic E-state index is 0.192. The monoisotopic (exact) mass is 428 g/mol. The van der Waals surface area contributed by atoms with E-state index in [1.54, 1.807) is 13.0 Å². The Balaban J connectivity index is 1.59. The Morgan fingerprint density at radius 2 is 1.90 bits per heavy atom. The van der Waals surface area contributed by atoms with Crippen LogP contribution in [0.25, 0.3) is 5.69 Å². The zero-order chi connectivity index (χ0) is 21.1. The number of nitrogens with one attached hydrogen (secondary N) is 1. The number of thioether (sulfide) groups is 1. The predicted molar refractivity (Wildman–Crippen MR) is 114 cm³/mol. The summed E-state index contributed by atoms with van der Waals surface area (Å²) in [6, 6.07) is 9.86. The number of amides is 1.